The highest BCUT2D eigenvalue weighted by atomic mass is 32.2. The highest BCUT2D eigenvalue weighted by molar-refractivity contribution is 7.90. The van der Waals surface area contributed by atoms with Crippen LogP contribution in [0.1, 0.15) is 26.1 Å². The zero-order valence-electron chi connectivity index (χ0n) is 13.7. The molecule has 1 aliphatic rings. The van der Waals surface area contributed by atoms with Gasteiger partial charge in [-0.25, -0.2) is 18.1 Å². The first-order valence-corrected chi connectivity index (χ1v) is 9.74. The average Bonchev–Trinajstić information content (AvgIpc) is 3.11. The topological polar surface area (TPSA) is 67.2 Å². The first kappa shape index (κ1) is 16.4. The van der Waals surface area contributed by atoms with Crippen LogP contribution in [0.2, 0.25) is 0 Å². The molecule has 1 aliphatic heterocycles. The summed E-state index contributed by atoms with van der Waals surface area (Å²) in [5, 5.41) is -0.318. The van der Waals surface area contributed by atoms with E-state index in [2.05, 4.69) is 27.2 Å². The molecular formula is C16H24N4O2S. The minimum Gasteiger partial charge on any atom is -0.327 e. The molecule has 126 valence electrons. The van der Waals surface area contributed by atoms with Crippen LogP contribution in [0.25, 0.3) is 11.0 Å². The molecule has 0 radical (unpaired) electrons. The number of aryl methyl sites for hydroxylation is 1. The van der Waals surface area contributed by atoms with Crippen molar-refractivity contribution < 1.29 is 8.42 Å². The molecule has 2 aromatic rings. The largest absolute Gasteiger partial charge is 0.327 e. The monoisotopic (exact) mass is 336 g/mol. The smallest absolute Gasteiger partial charge is 0.215 e. The third-order valence-electron chi connectivity index (χ3n) is 4.43. The zero-order chi connectivity index (χ0) is 16.4. The molecule has 6 nitrogen and oxygen atoms in total. The molecule has 2 heterocycles. The summed E-state index contributed by atoms with van der Waals surface area (Å²) in [6, 6.07) is 8.12. The number of imidazole rings is 1. The molecule has 1 fully saturated rings. The van der Waals surface area contributed by atoms with Crippen molar-refractivity contribution in [3.05, 3.63) is 30.1 Å². The van der Waals surface area contributed by atoms with Crippen molar-refractivity contribution in [1.82, 2.24) is 19.2 Å². The molecule has 1 aromatic carbocycles. The molecule has 0 saturated carbocycles. The second-order valence-electron chi connectivity index (χ2n) is 5.95. The van der Waals surface area contributed by atoms with E-state index in [4.69, 9.17) is 4.98 Å². The summed E-state index contributed by atoms with van der Waals surface area (Å²) in [6.45, 7) is 7.30. The molecule has 7 heteroatoms. The molecule has 0 amide bonds. The molecule has 0 spiro atoms. The van der Waals surface area contributed by atoms with E-state index < -0.39 is 10.0 Å². The number of aromatic nitrogens is 2. The fourth-order valence-electron chi connectivity index (χ4n) is 3.31. The van der Waals surface area contributed by atoms with Crippen LogP contribution in [0.3, 0.4) is 0 Å². The highest BCUT2D eigenvalue weighted by Crippen LogP contribution is 2.21. The number of para-hydroxylation sites is 2. The van der Waals surface area contributed by atoms with Crippen LogP contribution >= 0.6 is 0 Å². The lowest BCUT2D eigenvalue weighted by Crippen LogP contribution is -2.36. The van der Waals surface area contributed by atoms with Crippen LogP contribution in [-0.4, -0.2) is 47.8 Å². The molecule has 1 atom stereocenters. The number of nitrogens with zero attached hydrogens (tertiary/aromatic N) is 3. The minimum absolute atomic E-state index is 0.318. The Kier molecular flexibility index (Phi) is 4.70. The predicted molar refractivity (Wildman–Crippen MR) is 91.7 cm³/mol. The Morgan fingerprint density at radius 1 is 1.30 bits per heavy atom. The van der Waals surface area contributed by atoms with E-state index in [1.807, 2.05) is 25.1 Å². The first-order valence-electron chi connectivity index (χ1n) is 8.20. The Labute approximate surface area is 137 Å². The van der Waals surface area contributed by atoms with Crippen molar-refractivity contribution in [3.63, 3.8) is 0 Å². The fourth-order valence-corrected chi connectivity index (χ4v) is 4.77. The van der Waals surface area contributed by atoms with Gasteiger partial charge in [0.2, 0.25) is 10.0 Å². The molecular weight excluding hydrogens is 312 g/mol. The lowest BCUT2D eigenvalue weighted by molar-refractivity contribution is 0.317. The van der Waals surface area contributed by atoms with Gasteiger partial charge in [-0.05, 0) is 25.5 Å². The highest BCUT2D eigenvalue weighted by Gasteiger charge is 2.33. The third-order valence-corrected chi connectivity index (χ3v) is 6.38. The SMILES string of the molecule is CCNS(=O)(=O)[C@@H]1CCN(Cc2nc3ccccc3n2CC)C1. The molecule has 23 heavy (non-hydrogen) atoms. The standard InChI is InChI=1S/C16H24N4O2S/c1-3-17-23(21,22)13-9-10-19(11-13)12-16-18-14-7-5-6-8-15(14)20(16)4-2/h5-8,13,17H,3-4,9-12H2,1-2H3/t13-/m1/s1. The molecule has 1 aromatic heterocycles. The van der Waals surface area contributed by atoms with Gasteiger partial charge in [0.25, 0.3) is 0 Å². The third kappa shape index (κ3) is 3.27. The van der Waals surface area contributed by atoms with Gasteiger partial charge in [0.05, 0.1) is 22.8 Å². The number of sulfonamides is 1. The van der Waals surface area contributed by atoms with Crippen molar-refractivity contribution in [3.8, 4) is 0 Å². The molecule has 1 saturated heterocycles. The molecule has 0 unspecified atom stereocenters. The summed E-state index contributed by atoms with van der Waals surface area (Å²) in [7, 11) is -3.19. The van der Waals surface area contributed by atoms with Gasteiger partial charge >= 0.3 is 0 Å². The maximum absolute atomic E-state index is 12.1. The quantitative estimate of drug-likeness (QED) is 0.869. The Morgan fingerprint density at radius 2 is 2.09 bits per heavy atom. The van der Waals surface area contributed by atoms with E-state index >= 15 is 0 Å². The average molecular weight is 336 g/mol. The van der Waals surface area contributed by atoms with Crippen LogP contribution in [0.4, 0.5) is 0 Å². The number of fused-ring (bicyclic) bond motifs is 1. The molecule has 1 N–H and O–H groups in total. The van der Waals surface area contributed by atoms with Crippen molar-refractivity contribution in [2.45, 2.75) is 38.6 Å². The van der Waals surface area contributed by atoms with Gasteiger partial charge in [0.15, 0.2) is 0 Å². The number of hydrogen-bond donors (Lipinski definition) is 1. The van der Waals surface area contributed by atoms with Crippen molar-refractivity contribution >= 4 is 21.1 Å². The molecule has 0 bridgehead atoms. The van der Waals surface area contributed by atoms with E-state index in [9.17, 15) is 8.42 Å². The van der Waals surface area contributed by atoms with E-state index in [1.165, 1.54) is 0 Å². The summed E-state index contributed by atoms with van der Waals surface area (Å²) < 4.78 is 29.1. The normalized spacial score (nSPS) is 19.7. The number of hydrogen-bond acceptors (Lipinski definition) is 4. The van der Waals surface area contributed by atoms with Crippen molar-refractivity contribution in [2.24, 2.45) is 0 Å². The second kappa shape index (κ2) is 6.59. The second-order valence-corrected chi connectivity index (χ2v) is 8.00. The van der Waals surface area contributed by atoms with Crippen molar-refractivity contribution in [2.75, 3.05) is 19.6 Å². The number of nitrogens with one attached hydrogen (secondary N) is 1. The number of likely N-dealkylation sites (tertiary alicyclic amines) is 1. The predicted octanol–water partition coefficient (Wildman–Crippen LogP) is 1.57. The Balaban J connectivity index is 1.76. The maximum atomic E-state index is 12.1. The lowest BCUT2D eigenvalue weighted by Gasteiger charge is -2.16. The summed E-state index contributed by atoms with van der Waals surface area (Å²) in [6.07, 6.45) is 0.682. The van der Waals surface area contributed by atoms with Crippen LogP contribution in [0.5, 0.6) is 0 Å². The van der Waals surface area contributed by atoms with Gasteiger partial charge in [0, 0.05) is 26.2 Å². The van der Waals surface area contributed by atoms with Gasteiger partial charge in [-0.3, -0.25) is 4.90 Å². The summed E-state index contributed by atoms with van der Waals surface area (Å²) >= 11 is 0. The van der Waals surface area contributed by atoms with Crippen molar-refractivity contribution in [1.29, 1.82) is 0 Å². The lowest BCUT2D eigenvalue weighted by atomic mass is 10.3. The van der Waals surface area contributed by atoms with Gasteiger partial charge in [-0.2, -0.15) is 0 Å². The van der Waals surface area contributed by atoms with Gasteiger partial charge < -0.3 is 4.57 Å². The Bertz CT molecular complexity index is 784. The van der Waals surface area contributed by atoms with Crippen LogP contribution in [0, 0.1) is 0 Å². The number of rotatable bonds is 6. The van der Waals surface area contributed by atoms with Crippen LogP contribution in [0.15, 0.2) is 24.3 Å². The van der Waals surface area contributed by atoms with Gasteiger partial charge in [-0.15, -0.1) is 0 Å². The van der Waals surface area contributed by atoms with E-state index in [0.29, 0.717) is 26.1 Å². The first-order chi connectivity index (χ1) is 11.0. The summed E-state index contributed by atoms with van der Waals surface area (Å²) in [4.78, 5) is 6.91. The summed E-state index contributed by atoms with van der Waals surface area (Å²) in [5.74, 6) is 1.01. The van der Waals surface area contributed by atoms with Crippen LogP contribution in [-0.2, 0) is 23.1 Å². The molecule has 0 aliphatic carbocycles. The van der Waals surface area contributed by atoms with Gasteiger partial charge in [0.1, 0.15) is 5.82 Å². The summed E-state index contributed by atoms with van der Waals surface area (Å²) in [5.41, 5.74) is 2.14. The molecule has 3 rings (SSSR count). The fraction of sp³-hybridized carbons (Fsp3) is 0.562. The van der Waals surface area contributed by atoms with Gasteiger partial charge in [-0.1, -0.05) is 19.1 Å². The van der Waals surface area contributed by atoms with Crippen LogP contribution < -0.4 is 4.72 Å². The zero-order valence-corrected chi connectivity index (χ0v) is 14.5. The van der Waals surface area contributed by atoms with E-state index in [1.54, 1.807) is 0 Å². The Hall–Kier alpha value is -1.44. The number of benzene rings is 1. The minimum atomic E-state index is -3.19. The van der Waals surface area contributed by atoms with E-state index in [-0.39, 0.29) is 5.25 Å². The maximum Gasteiger partial charge on any atom is 0.215 e. The van der Waals surface area contributed by atoms with E-state index in [0.717, 1.165) is 29.9 Å². The Morgan fingerprint density at radius 3 is 2.83 bits per heavy atom.